The fourth-order valence-electron chi connectivity index (χ4n) is 4.24. The van der Waals surface area contributed by atoms with Crippen molar-refractivity contribution in [3.8, 4) is 11.5 Å². The molecule has 0 radical (unpaired) electrons. The van der Waals surface area contributed by atoms with Crippen LogP contribution in [0.25, 0.3) is 0 Å². The summed E-state index contributed by atoms with van der Waals surface area (Å²) in [7, 11) is 3.07. The van der Waals surface area contributed by atoms with Crippen molar-refractivity contribution in [1.82, 2.24) is 10.0 Å². The average Bonchev–Trinajstić information content (AvgIpc) is 3.53. The van der Waals surface area contributed by atoms with Crippen LogP contribution in [0.3, 0.4) is 0 Å². The maximum atomic E-state index is 13.4. The molecule has 34 heavy (non-hydrogen) atoms. The largest absolute Gasteiger partial charge is 0.497 e. The number of thioether (sulfide) groups is 1. The van der Waals surface area contributed by atoms with E-state index in [1.807, 2.05) is 30.3 Å². The SMILES string of the molecule is COc1ccc(OC)c(NC(=O)CSCC(=O)N2CCCN2C(=O)C2(c3ccccc3)CC2)c1. The minimum Gasteiger partial charge on any atom is -0.497 e. The van der Waals surface area contributed by atoms with Gasteiger partial charge in [0.1, 0.15) is 11.5 Å². The van der Waals surface area contributed by atoms with E-state index in [1.54, 1.807) is 35.3 Å². The monoisotopic (exact) mass is 483 g/mol. The summed E-state index contributed by atoms with van der Waals surface area (Å²) < 4.78 is 10.5. The second-order valence-electron chi connectivity index (χ2n) is 8.35. The number of nitrogens with one attached hydrogen (secondary N) is 1. The minimum absolute atomic E-state index is 0.00240. The van der Waals surface area contributed by atoms with Crippen LogP contribution in [0, 0.1) is 0 Å². The average molecular weight is 484 g/mol. The summed E-state index contributed by atoms with van der Waals surface area (Å²) in [6.07, 6.45) is 2.36. The van der Waals surface area contributed by atoms with Gasteiger partial charge in [0.15, 0.2) is 0 Å². The molecule has 180 valence electrons. The van der Waals surface area contributed by atoms with Crippen molar-refractivity contribution in [3.63, 3.8) is 0 Å². The van der Waals surface area contributed by atoms with Gasteiger partial charge in [0.05, 0.1) is 36.8 Å². The van der Waals surface area contributed by atoms with Gasteiger partial charge >= 0.3 is 0 Å². The topological polar surface area (TPSA) is 88.2 Å². The number of amides is 3. The lowest BCUT2D eigenvalue weighted by Gasteiger charge is -2.31. The normalized spacial score (nSPS) is 16.2. The number of hydrogen-bond acceptors (Lipinski definition) is 6. The minimum atomic E-state index is -0.507. The molecule has 2 aromatic rings. The van der Waals surface area contributed by atoms with E-state index >= 15 is 0 Å². The maximum Gasteiger partial charge on any atom is 0.251 e. The van der Waals surface area contributed by atoms with Crippen LogP contribution >= 0.6 is 11.8 Å². The fraction of sp³-hybridized carbons (Fsp3) is 0.400. The fourth-order valence-corrected chi connectivity index (χ4v) is 4.92. The molecule has 2 aromatic carbocycles. The second-order valence-corrected chi connectivity index (χ2v) is 9.34. The Balaban J connectivity index is 1.31. The van der Waals surface area contributed by atoms with E-state index in [0.717, 1.165) is 24.8 Å². The smallest absolute Gasteiger partial charge is 0.251 e. The number of rotatable bonds is 9. The number of methoxy groups -OCH3 is 2. The molecule has 1 heterocycles. The van der Waals surface area contributed by atoms with Gasteiger partial charge in [-0.25, -0.2) is 0 Å². The molecule has 1 aliphatic carbocycles. The van der Waals surface area contributed by atoms with Gasteiger partial charge in [-0.15, -0.1) is 11.8 Å². The molecule has 0 unspecified atom stereocenters. The summed E-state index contributed by atoms with van der Waals surface area (Å²) >= 11 is 1.22. The molecule has 1 N–H and O–H groups in total. The highest BCUT2D eigenvalue weighted by Gasteiger charge is 2.54. The number of hydrogen-bond donors (Lipinski definition) is 1. The number of carbonyl (C=O) groups excluding carboxylic acids is 3. The molecule has 2 aliphatic rings. The quantitative estimate of drug-likeness (QED) is 0.590. The Morgan fingerprint density at radius 2 is 1.71 bits per heavy atom. The van der Waals surface area contributed by atoms with Crippen LogP contribution in [0.1, 0.15) is 24.8 Å². The van der Waals surface area contributed by atoms with E-state index in [9.17, 15) is 14.4 Å². The lowest BCUT2D eigenvalue weighted by molar-refractivity contribution is -0.158. The third-order valence-electron chi connectivity index (χ3n) is 6.18. The Kier molecular flexibility index (Phi) is 7.31. The van der Waals surface area contributed by atoms with Gasteiger partial charge in [-0.3, -0.25) is 24.4 Å². The van der Waals surface area contributed by atoms with Crippen molar-refractivity contribution in [2.45, 2.75) is 24.7 Å². The summed E-state index contributed by atoms with van der Waals surface area (Å²) in [5.74, 6) is 0.922. The summed E-state index contributed by atoms with van der Waals surface area (Å²) in [6.45, 7) is 1.06. The van der Waals surface area contributed by atoms with Gasteiger partial charge in [0.25, 0.3) is 11.8 Å². The zero-order valence-electron chi connectivity index (χ0n) is 19.4. The Morgan fingerprint density at radius 1 is 0.971 bits per heavy atom. The molecule has 2 fully saturated rings. The lowest BCUT2D eigenvalue weighted by atomic mass is 9.95. The third-order valence-corrected chi connectivity index (χ3v) is 7.10. The molecule has 1 aliphatic heterocycles. The molecular formula is C25H29N3O5S. The summed E-state index contributed by atoms with van der Waals surface area (Å²) in [5, 5.41) is 5.97. The van der Waals surface area contributed by atoms with Crippen LogP contribution in [0.15, 0.2) is 48.5 Å². The molecule has 1 saturated carbocycles. The van der Waals surface area contributed by atoms with Gasteiger partial charge in [-0.1, -0.05) is 30.3 Å². The highest BCUT2D eigenvalue weighted by atomic mass is 32.2. The van der Waals surface area contributed by atoms with Crippen LogP contribution in [-0.2, 0) is 19.8 Å². The molecule has 8 nitrogen and oxygen atoms in total. The number of benzene rings is 2. The van der Waals surface area contributed by atoms with Crippen molar-refractivity contribution >= 4 is 35.2 Å². The molecule has 4 rings (SSSR count). The highest BCUT2D eigenvalue weighted by molar-refractivity contribution is 8.00. The van der Waals surface area contributed by atoms with E-state index in [2.05, 4.69) is 5.32 Å². The Morgan fingerprint density at radius 3 is 2.38 bits per heavy atom. The zero-order valence-corrected chi connectivity index (χ0v) is 20.2. The van der Waals surface area contributed by atoms with Crippen LogP contribution in [0.5, 0.6) is 11.5 Å². The predicted octanol–water partition coefficient (Wildman–Crippen LogP) is 3.08. The first-order chi connectivity index (χ1) is 16.5. The number of nitrogens with zero attached hydrogens (tertiary/aromatic N) is 2. The number of anilines is 1. The Bertz CT molecular complexity index is 1060. The molecule has 0 spiro atoms. The van der Waals surface area contributed by atoms with Gasteiger partial charge < -0.3 is 14.8 Å². The van der Waals surface area contributed by atoms with Crippen LogP contribution in [0.2, 0.25) is 0 Å². The van der Waals surface area contributed by atoms with E-state index < -0.39 is 5.41 Å². The first-order valence-electron chi connectivity index (χ1n) is 11.3. The standard InChI is InChI=1S/C25H29N3O5S/c1-32-19-9-10-21(33-2)20(15-19)26-22(29)16-34-17-23(30)27-13-6-14-28(27)24(31)25(11-12-25)18-7-4-3-5-8-18/h3-5,7-10,15H,6,11-14,16-17H2,1-2H3,(H,26,29). The van der Waals surface area contributed by atoms with Crippen molar-refractivity contribution in [2.75, 3.05) is 44.1 Å². The molecule has 0 atom stereocenters. The molecule has 3 amide bonds. The van der Waals surface area contributed by atoms with Crippen LogP contribution in [-0.4, -0.2) is 66.6 Å². The number of ether oxygens (including phenoxy) is 2. The van der Waals surface area contributed by atoms with Crippen LogP contribution in [0.4, 0.5) is 5.69 Å². The van der Waals surface area contributed by atoms with Gasteiger partial charge in [-0.2, -0.15) is 0 Å². The molecule has 1 saturated heterocycles. The Hall–Kier alpha value is -3.20. The molecule has 0 bridgehead atoms. The molecular weight excluding hydrogens is 454 g/mol. The Labute approximate surface area is 203 Å². The first kappa shape index (κ1) is 23.9. The van der Waals surface area contributed by atoms with Crippen molar-refractivity contribution in [2.24, 2.45) is 0 Å². The maximum absolute atomic E-state index is 13.4. The van der Waals surface area contributed by atoms with E-state index in [-0.39, 0.29) is 29.2 Å². The van der Waals surface area contributed by atoms with E-state index in [0.29, 0.717) is 30.3 Å². The third kappa shape index (κ3) is 4.99. The summed E-state index contributed by atoms with van der Waals surface area (Å²) in [5.41, 5.74) is 1.01. The van der Waals surface area contributed by atoms with Crippen molar-refractivity contribution < 1.29 is 23.9 Å². The van der Waals surface area contributed by atoms with E-state index in [4.69, 9.17) is 9.47 Å². The second kappa shape index (κ2) is 10.4. The van der Waals surface area contributed by atoms with Crippen molar-refractivity contribution in [1.29, 1.82) is 0 Å². The van der Waals surface area contributed by atoms with Crippen molar-refractivity contribution in [3.05, 3.63) is 54.1 Å². The molecule has 0 aromatic heterocycles. The van der Waals surface area contributed by atoms with E-state index in [1.165, 1.54) is 18.9 Å². The number of hydrazine groups is 1. The predicted molar refractivity (Wildman–Crippen MR) is 131 cm³/mol. The summed E-state index contributed by atoms with van der Waals surface area (Å²) in [6, 6.07) is 14.9. The zero-order chi connectivity index (χ0) is 24.1. The number of carbonyl (C=O) groups is 3. The first-order valence-corrected chi connectivity index (χ1v) is 12.4. The molecule has 9 heteroatoms. The lowest BCUT2D eigenvalue weighted by Crippen LogP contribution is -2.49. The van der Waals surface area contributed by atoms with Crippen LogP contribution < -0.4 is 14.8 Å². The van der Waals surface area contributed by atoms with Gasteiger partial charge in [0, 0.05) is 19.2 Å². The van der Waals surface area contributed by atoms with Gasteiger partial charge in [-0.05, 0) is 37.0 Å². The highest BCUT2D eigenvalue weighted by Crippen LogP contribution is 2.50. The van der Waals surface area contributed by atoms with Gasteiger partial charge in [0.2, 0.25) is 5.91 Å². The summed E-state index contributed by atoms with van der Waals surface area (Å²) in [4.78, 5) is 38.7.